The third-order valence-electron chi connectivity index (χ3n) is 4.56. The number of carboxylic acids is 1. The predicted octanol–water partition coefficient (Wildman–Crippen LogP) is 3.76. The van der Waals surface area contributed by atoms with Crippen LogP contribution in [0.4, 0.5) is 0 Å². The van der Waals surface area contributed by atoms with Crippen molar-refractivity contribution in [2.75, 3.05) is 0 Å². The van der Waals surface area contributed by atoms with Gasteiger partial charge in [-0.05, 0) is 44.4 Å². The van der Waals surface area contributed by atoms with Crippen molar-refractivity contribution in [3.63, 3.8) is 0 Å². The summed E-state index contributed by atoms with van der Waals surface area (Å²) in [5, 5.41) is 12.7. The third kappa shape index (κ3) is 9.61. The summed E-state index contributed by atoms with van der Waals surface area (Å²) in [7, 11) is 0. The van der Waals surface area contributed by atoms with Gasteiger partial charge < -0.3 is 19.3 Å². The maximum Gasteiger partial charge on any atom is 0.364 e. The summed E-state index contributed by atoms with van der Waals surface area (Å²) in [6.45, 7) is 8.46. The van der Waals surface area contributed by atoms with Crippen molar-refractivity contribution >= 4 is 23.9 Å². The lowest BCUT2D eigenvalue weighted by atomic mass is 10.0. The van der Waals surface area contributed by atoms with E-state index in [2.05, 4.69) is 5.32 Å². The lowest BCUT2D eigenvalue weighted by Gasteiger charge is -2.32. The van der Waals surface area contributed by atoms with Crippen LogP contribution in [0.5, 0.6) is 11.5 Å². The zero-order valence-corrected chi connectivity index (χ0v) is 20.1. The first kappa shape index (κ1) is 28.1. The molecule has 0 saturated heterocycles. The first-order chi connectivity index (χ1) is 15.5. The van der Waals surface area contributed by atoms with Crippen LogP contribution in [-0.2, 0) is 30.3 Å². The van der Waals surface area contributed by atoms with Crippen molar-refractivity contribution in [2.45, 2.75) is 91.3 Å². The normalized spacial score (nSPS) is 12.7. The Hall–Kier alpha value is -2.94. The summed E-state index contributed by atoms with van der Waals surface area (Å²) in [6.07, 6.45) is 3.08. The highest BCUT2D eigenvalue weighted by Crippen LogP contribution is 2.31. The van der Waals surface area contributed by atoms with Crippen LogP contribution in [0.2, 0.25) is 0 Å². The quantitative estimate of drug-likeness (QED) is 0.240. The maximum atomic E-state index is 12.2. The molecule has 0 saturated carbocycles. The molecule has 0 aromatic heterocycles. The van der Waals surface area contributed by atoms with E-state index < -0.39 is 29.6 Å². The number of carbonyl (C=O) groups is 4. The van der Waals surface area contributed by atoms with Gasteiger partial charge in [-0.2, -0.15) is 0 Å². The van der Waals surface area contributed by atoms with Gasteiger partial charge in [0.2, 0.25) is 0 Å². The van der Waals surface area contributed by atoms with E-state index in [9.17, 15) is 24.3 Å². The Morgan fingerprint density at radius 2 is 1.52 bits per heavy atom. The van der Waals surface area contributed by atoms with E-state index in [-0.39, 0.29) is 36.8 Å². The van der Waals surface area contributed by atoms with E-state index >= 15 is 0 Å². The number of hydrogen-bond acceptors (Lipinski definition) is 8. The number of carbonyl (C=O) groups excluding carboxylic acids is 3. The monoisotopic (exact) mass is 465 g/mol. The van der Waals surface area contributed by atoms with Crippen molar-refractivity contribution in [3.8, 4) is 11.5 Å². The largest absolute Gasteiger partial charge is 0.477 e. The molecular weight excluding hydrogens is 430 g/mol. The summed E-state index contributed by atoms with van der Waals surface area (Å²) < 4.78 is 16.0. The van der Waals surface area contributed by atoms with Gasteiger partial charge in [0.1, 0.15) is 0 Å². The third-order valence-corrected chi connectivity index (χ3v) is 4.56. The molecule has 184 valence electrons. The number of nitrogens with one attached hydrogen (secondary N) is 1. The molecular formula is C24H35NO8. The van der Waals surface area contributed by atoms with Crippen LogP contribution in [0, 0.1) is 0 Å². The molecule has 0 amide bonds. The number of hydrogen-bond donors (Lipinski definition) is 2. The Morgan fingerprint density at radius 3 is 1.97 bits per heavy atom. The van der Waals surface area contributed by atoms with Gasteiger partial charge in [0, 0.05) is 32.2 Å². The van der Waals surface area contributed by atoms with Crippen LogP contribution >= 0.6 is 0 Å². The van der Waals surface area contributed by atoms with Crippen molar-refractivity contribution in [1.29, 1.82) is 0 Å². The van der Waals surface area contributed by atoms with E-state index in [1.54, 1.807) is 13.8 Å². The number of unbranched alkanes of at least 4 members (excludes halogenated alkanes) is 2. The molecule has 0 aliphatic carbocycles. The van der Waals surface area contributed by atoms with E-state index in [0.29, 0.717) is 18.4 Å². The second-order valence-corrected chi connectivity index (χ2v) is 8.14. The fraction of sp³-hybridized carbons (Fsp3) is 0.583. The molecule has 9 nitrogen and oxygen atoms in total. The lowest BCUT2D eigenvalue weighted by molar-refractivity contribution is -0.182. The molecule has 2 N–H and O–H groups in total. The van der Waals surface area contributed by atoms with E-state index in [1.165, 1.54) is 18.2 Å². The molecule has 1 atom stereocenters. The second-order valence-electron chi connectivity index (χ2n) is 8.14. The molecule has 1 aromatic rings. The van der Waals surface area contributed by atoms with E-state index in [4.69, 9.17) is 14.2 Å². The number of ether oxygens (including phenoxy) is 3. The van der Waals surface area contributed by atoms with Crippen LogP contribution in [-0.4, -0.2) is 40.8 Å². The highest BCUT2D eigenvalue weighted by atomic mass is 16.6. The number of benzene rings is 1. The number of rotatable bonds is 14. The predicted molar refractivity (Wildman–Crippen MR) is 121 cm³/mol. The van der Waals surface area contributed by atoms with Gasteiger partial charge in [0.05, 0.1) is 0 Å². The molecule has 0 fully saturated rings. The van der Waals surface area contributed by atoms with Crippen LogP contribution in [0.15, 0.2) is 18.2 Å². The minimum absolute atomic E-state index is 0.00473. The summed E-state index contributed by atoms with van der Waals surface area (Å²) in [6, 6.07) is 4.09. The average Bonchev–Trinajstić information content (AvgIpc) is 2.71. The highest BCUT2D eigenvalue weighted by molar-refractivity contribution is 5.81. The zero-order valence-electron chi connectivity index (χ0n) is 20.1. The molecule has 1 aromatic carbocycles. The van der Waals surface area contributed by atoms with Crippen molar-refractivity contribution in [3.05, 3.63) is 23.8 Å². The summed E-state index contributed by atoms with van der Waals surface area (Å²) >= 11 is 0. The minimum atomic E-state index is -2.02. The number of carboxylic acid groups (broad SMARTS) is 1. The average molecular weight is 466 g/mol. The molecule has 33 heavy (non-hydrogen) atoms. The van der Waals surface area contributed by atoms with Gasteiger partial charge in [0.25, 0.3) is 5.72 Å². The summed E-state index contributed by atoms with van der Waals surface area (Å²) in [5.74, 6) is -3.03. The van der Waals surface area contributed by atoms with Crippen molar-refractivity contribution < 1.29 is 38.5 Å². The van der Waals surface area contributed by atoms with Crippen LogP contribution in [0.1, 0.15) is 78.7 Å². The smallest absolute Gasteiger partial charge is 0.364 e. The minimum Gasteiger partial charge on any atom is -0.477 e. The summed E-state index contributed by atoms with van der Waals surface area (Å²) in [4.78, 5) is 48.1. The maximum absolute atomic E-state index is 12.2. The standard InChI is InChI=1S/C24H35NO8/c1-6-8-10-21(27)31-19-13-12-18(14-20(19)32-22(28)11-9-7-2)15-24(23(29)30,25-16(3)4)33-17(5)26/h12-14,16,25H,6-11,15H2,1-5H3,(H,29,30)/t24-/m0/s1. The molecule has 9 heteroatoms. The fourth-order valence-corrected chi connectivity index (χ4v) is 3.11. The fourth-order valence-electron chi connectivity index (χ4n) is 3.11. The highest BCUT2D eigenvalue weighted by Gasteiger charge is 2.43. The van der Waals surface area contributed by atoms with Gasteiger partial charge in [-0.1, -0.05) is 32.8 Å². The van der Waals surface area contributed by atoms with Crippen molar-refractivity contribution in [1.82, 2.24) is 5.32 Å². The number of aliphatic carboxylic acids is 1. The molecule has 0 radical (unpaired) electrons. The van der Waals surface area contributed by atoms with Crippen LogP contribution in [0.25, 0.3) is 0 Å². The van der Waals surface area contributed by atoms with Crippen molar-refractivity contribution in [2.24, 2.45) is 0 Å². The molecule has 0 aliphatic heterocycles. The first-order valence-electron chi connectivity index (χ1n) is 11.3. The topological polar surface area (TPSA) is 128 Å². The summed E-state index contributed by atoms with van der Waals surface area (Å²) in [5.41, 5.74) is -1.62. The lowest BCUT2D eigenvalue weighted by Crippen LogP contribution is -2.59. The van der Waals surface area contributed by atoms with E-state index in [1.807, 2.05) is 13.8 Å². The second kappa shape index (κ2) is 13.6. The van der Waals surface area contributed by atoms with Gasteiger partial charge in [0.15, 0.2) is 11.5 Å². The Balaban J connectivity index is 3.31. The Kier molecular flexibility index (Phi) is 11.6. The Labute approximate surface area is 194 Å². The van der Waals surface area contributed by atoms with Gasteiger partial charge in [-0.25, -0.2) is 4.79 Å². The molecule has 0 aliphatic rings. The molecule has 0 heterocycles. The SMILES string of the molecule is CCCCC(=O)Oc1ccc(C[C@](NC(C)C)(OC(C)=O)C(=O)O)cc1OC(=O)CCCC. The van der Waals surface area contributed by atoms with Crippen LogP contribution in [0.3, 0.4) is 0 Å². The van der Waals surface area contributed by atoms with Gasteiger partial charge in [-0.15, -0.1) is 0 Å². The van der Waals surface area contributed by atoms with Gasteiger partial charge in [-0.3, -0.25) is 19.7 Å². The molecule has 1 rings (SSSR count). The van der Waals surface area contributed by atoms with E-state index in [0.717, 1.165) is 19.8 Å². The molecule has 0 unspecified atom stereocenters. The van der Waals surface area contributed by atoms with Gasteiger partial charge >= 0.3 is 23.9 Å². The Bertz CT molecular complexity index is 836. The molecule has 0 spiro atoms. The first-order valence-corrected chi connectivity index (χ1v) is 11.3. The Morgan fingerprint density at radius 1 is 0.970 bits per heavy atom. The zero-order chi connectivity index (χ0) is 25.0. The number of esters is 3. The molecule has 0 bridgehead atoms. The van der Waals surface area contributed by atoms with Crippen LogP contribution < -0.4 is 14.8 Å².